The number of rotatable bonds is 6. The van der Waals surface area contributed by atoms with E-state index in [1.807, 2.05) is 45.4 Å². The van der Waals surface area contributed by atoms with Crippen molar-refractivity contribution in [3.8, 4) is 0 Å². The third-order valence-electron chi connectivity index (χ3n) is 6.29. The fourth-order valence-corrected chi connectivity index (χ4v) is 4.59. The molecular weight excluding hydrogens is 454 g/mol. The maximum atomic E-state index is 5.55. The minimum Gasteiger partial charge on any atom is -0.384 e. The van der Waals surface area contributed by atoms with Crippen LogP contribution in [0.2, 0.25) is 0 Å². The van der Waals surface area contributed by atoms with Crippen LogP contribution >= 0.6 is 0 Å². The number of aromatic nitrogens is 3. The van der Waals surface area contributed by atoms with Crippen molar-refractivity contribution in [1.29, 1.82) is 0 Å². The molecule has 1 saturated heterocycles. The van der Waals surface area contributed by atoms with Gasteiger partial charge in [0.25, 0.3) is 0 Å². The van der Waals surface area contributed by atoms with Gasteiger partial charge < -0.3 is 29.9 Å². The van der Waals surface area contributed by atoms with Gasteiger partial charge in [0.2, 0.25) is 5.95 Å². The molecule has 0 bridgehead atoms. The van der Waals surface area contributed by atoms with Gasteiger partial charge in [-0.3, -0.25) is 0 Å². The van der Waals surface area contributed by atoms with Crippen LogP contribution in [0.15, 0.2) is 48.7 Å². The molecule has 3 aromatic rings. The van der Waals surface area contributed by atoms with E-state index >= 15 is 0 Å². The molecule has 0 spiro atoms. The second-order valence-electron chi connectivity index (χ2n) is 9.42. The first-order valence-corrected chi connectivity index (χ1v) is 12.3. The number of nitrogens with zero attached hydrogens (tertiary/aromatic N) is 5. The minimum absolute atomic E-state index is 0. The lowest BCUT2D eigenvalue weighted by atomic mass is 9.87. The van der Waals surface area contributed by atoms with E-state index < -0.39 is 0 Å². The van der Waals surface area contributed by atoms with Crippen molar-refractivity contribution in [3.63, 3.8) is 0 Å². The fraction of sp³-hybridized carbons (Fsp3) is 0.444. The average molecular weight is 496 g/mol. The normalized spacial score (nSPS) is 18.9. The summed E-state index contributed by atoms with van der Waals surface area (Å²) in [6.07, 6.45) is 1.92. The molecule has 9 nitrogen and oxygen atoms in total. The van der Waals surface area contributed by atoms with Crippen LogP contribution in [-0.4, -0.2) is 75.6 Å². The van der Waals surface area contributed by atoms with Gasteiger partial charge in [0.1, 0.15) is 11.6 Å². The van der Waals surface area contributed by atoms with Crippen molar-refractivity contribution in [2.24, 2.45) is 0 Å². The summed E-state index contributed by atoms with van der Waals surface area (Å²) in [5.41, 5.74) is 3.98. The average Bonchev–Trinajstić information content (AvgIpc) is 3.17. The molecule has 2 N–H and O–H groups in total. The maximum absolute atomic E-state index is 5.55. The summed E-state index contributed by atoms with van der Waals surface area (Å²) in [5, 5.41) is 6.11. The van der Waals surface area contributed by atoms with Gasteiger partial charge in [-0.2, -0.15) is 4.98 Å². The number of benzene rings is 1. The predicted octanol–water partition coefficient (Wildman–Crippen LogP) is 4.14. The van der Waals surface area contributed by atoms with Crippen LogP contribution in [0.3, 0.4) is 0 Å². The molecule has 5 rings (SSSR count). The first-order valence-electron chi connectivity index (χ1n) is 12.3. The number of morpholine rings is 1. The van der Waals surface area contributed by atoms with Gasteiger partial charge in [-0.05, 0) is 57.4 Å². The van der Waals surface area contributed by atoms with Crippen molar-refractivity contribution < 1.29 is 12.3 Å². The molecule has 196 valence electrons. The lowest BCUT2D eigenvalue weighted by Gasteiger charge is -2.28. The molecule has 1 fully saturated rings. The summed E-state index contributed by atoms with van der Waals surface area (Å²) in [6.45, 7) is 8.90. The van der Waals surface area contributed by atoms with Crippen LogP contribution in [0.4, 0.5) is 29.0 Å². The topological polar surface area (TPSA) is 87.7 Å². The van der Waals surface area contributed by atoms with E-state index in [-0.39, 0.29) is 8.27 Å². The van der Waals surface area contributed by atoms with E-state index in [0.717, 1.165) is 61.4 Å². The Morgan fingerprint density at radius 1 is 1.08 bits per heavy atom. The van der Waals surface area contributed by atoms with E-state index in [1.54, 1.807) is 7.11 Å². The van der Waals surface area contributed by atoms with Gasteiger partial charge >= 0.3 is 0 Å². The monoisotopic (exact) mass is 495 g/mol. The number of anilines is 5. The van der Waals surface area contributed by atoms with Gasteiger partial charge in [-0.25, -0.2) is 9.97 Å². The molecule has 0 saturated carbocycles. The van der Waals surface area contributed by atoms with E-state index in [4.69, 9.17) is 19.4 Å². The minimum atomic E-state index is -0.214. The number of methoxy groups -OCH3 is 1. The van der Waals surface area contributed by atoms with E-state index in [0.29, 0.717) is 12.6 Å². The standard InChI is InChI=1S/C25H30N6O2.C2H7N.2H2/c1-18-5-4-6-22(27-18)31-16-25(2,17-32-3)21-15-26-24(29-23(21)31)28-19-7-9-20(10-8-19)30-11-13-33-14-12-30;1-3-2;;/h4-10,15H,11-14,16-17H2,1-3H3,(H,26,28,29);3H,1-2H3;2*1H/t25-;;;/m0.../s1. The lowest BCUT2D eigenvalue weighted by molar-refractivity contribution is 0.122. The Bertz CT molecular complexity index is 1150. The highest BCUT2D eigenvalue weighted by atomic mass is 16.5. The van der Waals surface area contributed by atoms with Crippen LogP contribution in [0.25, 0.3) is 0 Å². The highest BCUT2D eigenvalue weighted by Gasteiger charge is 2.42. The number of nitrogens with one attached hydrogen (secondary N) is 2. The molecule has 0 radical (unpaired) electrons. The number of aryl methyl sites for hydroxylation is 1. The Morgan fingerprint density at radius 2 is 1.81 bits per heavy atom. The van der Waals surface area contributed by atoms with Crippen LogP contribution in [0.5, 0.6) is 0 Å². The first-order chi connectivity index (χ1) is 17.5. The molecule has 0 aliphatic carbocycles. The first kappa shape index (κ1) is 25.8. The van der Waals surface area contributed by atoms with Crippen LogP contribution in [0.1, 0.15) is 21.0 Å². The zero-order valence-corrected chi connectivity index (χ0v) is 21.9. The summed E-state index contributed by atoms with van der Waals surface area (Å²) < 4.78 is 11.0. The molecule has 2 aromatic heterocycles. The Hall–Kier alpha value is -3.27. The second kappa shape index (κ2) is 11.6. The molecule has 0 unspecified atom stereocenters. The Kier molecular flexibility index (Phi) is 8.35. The molecule has 36 heavy (non-hydrogen) atoms. The van der Waals surface area contributed by atoms with Crippen molar-refractivity contribution in [2.45, 2.75) is 19.3 Å². The highest BCUT2D eigenvalue weighted by Crippen LogP contribution is 2.43. The number of ether oxygens (including phenoxy) is 2. The molecule has 0 amide bonds. The largest absolute Gasteiger partial charge is 0.384 e. The number of hydrogen-bond acceptors (Lipinski definition) is 9. The highest BCUT2D eigenvalue weighted by molar-refractivity contribution is 5.69. The Labute approximate surface area is 216 Å². The van der Waals surface area contributed by atoms with E-state index in [2.05, 4.69) is 56.6 Å². The van der Waals surface area contributed by atoms with Crippen molar-refractivity contribution in [3.05, 3.63) is 59.9 Å². The molecule has 2 aliphatic rings. The fourth-order valence-electron chi connectivity index (χ4n) is 4.59. The molecule has 2 aliphatic heterocycles. The van der Waals surface area contributed by atoms with Crippen molar-refractivity contribution >= 4 is 29.0 Å². The van der Waals surface area contributed by atoms with Crippen molar-refractivity contribution in [2.75, 3.05) is 75.8 Å². The van der Waals surface area contributed by atoms with Gasteiger partial charge in [-0.1, -0.05) is 13.0 Å². The van der Waals surface area contributed by atoms with Crippen LogP contribution < -0.4 is 20.4 Å². The molecule has 1 aromatic carbocycles. The van der Waals surface area contributed by atoms with Gasteiger partial charge in [0.15, 0.2) is 0 Å². The molecule has 1 atom stereocenters. The molecule has 4 heterocycles. The smallest absolute Gasteiger partial charge is 0.229 e. The SMILES string of the molecule is CNC.COC[C@]1(C)CN(c2cccc(C)n2)c2nc(Nc3ccc(N4CCOCC4)cc3)ncc21.[HH].[HH]. The number of pyridine rings is 1. The Morgan fingerprint density at radius 3 is 2.47 bits per heavy atom. The summed E-state index contributed by atoms with van der Waals surface area (Å²) >= 11 is 0. The maximum Gasteiger partial charge on any atom is 0.229 e. The number of fused-ring (bicyclic) bond motifs is 1. The lowest BCUT2D eigenvalue weighted by Crippen LogP contribution is -2.36. The molecule has 9 heteroatoms. The predicted molar refractivity (Wildman–Crippen MR) is 149 cm³/mol. The zero-order valence-electron chi connectivity index (χ0n) is 21.9. The zero-order chi connectivity index (χ0) is 25.5. The number of hydrogen-bond donors (Lipinski definition) is 2. The Balaban J connectivity index is 0.000000969. The summed E-state index contributed by atoms with van der Waals surface area (Å²) in [7, 11) is 5.48. The summed E-state index contributed by atoms with van der Waals surface area (Å²) in [4.78, 5) is 18.8. The van der Waals surface area contributed by atoms with E-state index in [9.17, 15) is 0 Å². The quantitative estimate of drug-likeness (QED) is 0.524. The summed E-state index contributed by atoms with van der Waals surface area (Å²) in [6, 6.07) is 14.4. The van der Waals surface area contributed by atoms with Crippen LogP contribution in [0, 0.1) is 6.92 Å². The second-order valence-corrected chi connectivity index (χ2v) is 9.42. The van der Waals surface area contributed by atoms with Gasteiger partial charge in [0.05, 0.1) is 19.8 Å². The van der Waals surface area contributed by atoms with E-state index in [1.165, 1.54) is 5.69 Å². The van der Waals surface area contributed by atoms with Gasteiger partial charge in [-0.15, -0.1) is 0 Å². The summed E-state index contributed by atoms with van der Waals surface area (Å²) in [5.74, 6) is 2.32. The van der Waals surface area contributed by atoms with Crippen LogP contribution in [-0.2, 0) is 14.9 Å². The third kappa shape index (κ3) is 5.75. The third-order valence-corrected chi connectivity index (χ3v) is 6.29. The van der Waals surface area contributed by atoms with Gasteiger partial charge in [0, 0.05) is 63.8 Å². The van der Waals surface area contributed by atoms with Crippen molar-refractivity contribution in [1.82, 2.24) is 20.3 Å². The molecular formula is C27H41N7O2.